The average molecular weight is 699 g/mol. The third kappa shape index (κ3) is 7.06. The van der Waals surface area contributed by atoms with Crippen LogP contribution in [-0.2, 0) is 17.1 Å². The number of carbonyl (C=O) groups is 2. The van der Waals surface area contributed by atoms with Crippen molar-refractivity contribution in [3.63, 3.8) is 0 Å². The van der Waals surface area contributed by atoms with Crippen LogP contribution in [0.2, 0.25) is 0 Å². The molecule has 2 aromatic carbocycles. The lowest BCUT2D eigenvalue weighted by Crippen LogP contribution is -2.35. The van der Waals surface area contributed by atoms with Gasteiger partial charge in [-0.2, -0.15) is 26.3 Å². The monoisotopic (exact) mass is 698 g/mol. The van der Waals surface area contributed by atoms with Gasteiger partial charge in [0.25, 0.3) is 0 Å². The van der Waals surface area contributed by atoms with Gasteiger partial charge < -0.3 is 14.6 Å². The van der Waals surface area contributed by atoms with Crippen LogP contribution in [0.25, 0.3) is 16.7 Å². The van der Waals surface area contributed by atoms with Crippen molar-refractivity contribution in [3.05, 3.63) is 87.6 Å². The summed E-state index contributed by atoms with van der Waals surface area (Å²) in [6.07, 6.45) is -9.93. The SMILES string of the molecule is COc1ncc(-c2ccc(C(=O)O)c(F)c2F)cc1C1=C(CN2C(=O)O[C@H](c3cc(C(F)(F)F)cc(C(F)(F)F)c3)[C@@H]2C)CC(C)(C)CC1. The average Bonchev–Trinajstić information content (AvgIpc) is 3.29. The van der Waals surface area contributed by atoms with Crippen LogP contribution in [0.4, 0.5) is 39.9 Å². The van der Waals surface area contributed by atoms with Crippen LogP contribution in [0, 0.1) is 17.0 Å². The third-order valence-corrected chi connectivity index (χ3v) is 8.86. The molecule has 262 valence electrons. The summed E-state index contributed by atoms with van der Waals surface area (Å²) in [5.41, 5.74) is -3.20. The molecule has 5 rings (SSSR count). The van der Waals surface area contributed by atoms with E-state index in [4.69, 9.17) is 14.6 Å². The number of pyridine rings is 1. The molecule has 0 unspecified atom stereocenters. The molecule has 1 saturated heterocycles. The van der Waals surface area contributed by atoms with Crippen molar-refractivity contribution in [2.24, 2.45) is 5.41 Å². The number of benzene rings is 2. The fraction of sp³-hybridized carbons (Fsp3) is 0.382. The van der Waals surface area contributed by atoms with Gasteiger partial charge in [0.2, 0.25) is 5.88 Å². The van der Waals surface area contributed by atoms with E-state index in [0.717, 1.165) is 12.1 Å². The summed E-state index contributed by atoms with van der Waals surface area (Å²) >= 11 is 0. The lowest BCUT2D eigenvalue weighted by molar-refractivity contribution is -0.143. The van der Waals surface area contributed by atoms with Crippen LogP contribution in [-0.4, -0.2) is 46.7 Å². The number of nitrogens with zero attached hydrogens (tertiary/aromatic N) is 2. The highest BCUT2D eigenvalue weighted by atomic mass is 19.4. The lowest BCUT2D eigenvalue weighted by atomic mass is 9.72. The maximum atomic E-state index is 15.1. The quantitative estimate of drug-likeness (QED) is 0.248. The predicted molar refractivity (Wildman–Crippen MR) is 159 cm³/mol. The molecule has 2 heterocycles. The number of alkyl halides is 6. The minimum Gasteiger partial charge on any atom is -0.481 e. The second-order valence-electron chi connectivity index (χ2n) is 12.8. The highest BCUT2D eigenvalue weighted by Gasteiger charge is 2.44. The van der Waals surface area contributed by atoms with Gasteiger partial charge in [0, 0.05) is 29.4 Å². The number of carboxylic acids is 1. The van der Waals surface area contributed by atoms with Crippen LogP contribution >= 0.6 is 0 Å². The number of aromatic nitrogens is 1. The van der Waals surface area contributed by atoms with Gasteiger partial charge in [0.05, 0.1) is 29.8 Å². The zero-order valence-corrected chi connectivity index (χ0v) is 26.5. The van der Waals surface area contributed by atoms with Gasteiger partial charge in [-0.05, 0) is 78.6 Å². The number of hydrogen-bond acceptors (Lipinski definition) is 5. The third-order valence-electron chi connectivity index (χ3n) is 8.86. The van der Waals surface area contributed by atoms with Crippen molar-refractivity contribution in [2.75, 3.05) is 13.7 Å². The number of halogens is 8. The van der Waals surface area contributed by atoms with Crippen LogP contribution < -0.4 is 4.74 Å². The fourth-order valence-corrected chi connectivity index (χ4v) is 6.31. The largest absolute Gasteiger partial charge is 0.481 e. The second-order valence-corrected chi connectivity index (χ2v) is 12.8. The van der Waals surface area contributed by atoms with Gasteiger partial charge in [0.1, 0.15) is 6.10 Å². The van der Waals surface area contributed by atoms with Crippen molar-refractivity contribution < 1.29 is 59.3 Å². The van der Waals surface area contributed by atoms with E-state index < -0.39 is 70.4 Å². The fourth-order valence-electron chi connectivity index (χ4n) is 6.31. The molecule has 0 radical (unpaired) electrons. The molecule has 7 nitrogen and oxygen atoms in total. The van der Waals surface area contributed by atoms with E-state index in [1.807, 2.05) is 13.8 Å². The Morgan fingerprint density at radius 2 is 1.65 bits per heavy atom. The van der Waals surface area contributed by atoms with E-state index in [1.54, 1.807) is 0 Å². The Morgan fingerprint density at radius 3 is 2.22 bits per heavy atom. The Balaban J connectivity index is 1.56. The van der Waals surface area contributed by atoms with E-state index in [-0.39, 0.29) is 35.0 Å². The van der Waals surface area contributed by atoms with Crippen molar-refractivity contribution in [1.82, 2.24) is 9.88 Å². The molecule has 0 bridgehead atoms. The number of cyclic esters (lactones) is 1. The molecule has 1 aliphatic heterocycles. The van der Waals surface area contributed by atoms with Crippen molar-refractivity contribution >= 4 is 17.6 Å². The first-order chi connectivity index (χ1) is 22.7. The van der Waals surface area contributed by atoms with Crippen molar-refractivity contribution in [2.45, 2.75) is 64.5 Å². The first-order valence-corrected chi connectivity index (χ1v) is 15.0. The molecule has 2 atom stereocenters. The Hall–Kier alpha value is -4.69. The highest BCUT2D eigenvalue weighted by molar-refractivity contribution is 5.89. The van der Waals surface area contributed by atoms with Crippen molar-refractivity contribution in [1.29, 1.82) is 0 Å². The zero-order valence-electron chi connectivity index (χ0n) is 26.5. The van der Waals surface area contributed by atoms with Gasteiger partial charge >= 0.3 is 24.4 Å². The van der Waals surface area contributed by atoms with Crippen LogP contribution in [0.3, 0.4) is 0 Å². The Morgan fingerprint density at radius 1 is 1.02 bits per heavy atom. The minimum absolute atomic E-state index is 0.000213. The molecule has 0 spiro atoms. The molecule has 1 aromatic heterocycles. The summed E-state index contributed by atoms with van der Waals surface area (Å²) in [7, 11) is 1.34. The van der Waals surface area contributed by atoms with Gasteiger partial charge in [0.15, 0.2) is 11.6 Å². The number of methoxy groups -OCH3 is 1. The minimum atomic E-state index is -5.09. The van der Waals surface area contributed by atoms with Gasteiger partial charge in [-0.3, -0.25) is 4.90 Å². The molecule has 15 heteroatoms. The molecule has 1 fully saturated rings. The second kappa shape index (κ2) is 12.6. The summed E-state index contributed by atoms with van der Waals surface area (Å²) < 4.78 is 122. The van der Waals surface area contributed by atoms with E-state index in [0.29, 0.717) is 48.1 Å². The predicted octanol–water partition coefficient (Wildman–Crippen LogP) is 9.32. The summed E-state index contributed by atoms with van der Waals surface area (Å²) in [6.45, 7) is 5.30. The summed E-state index contributed by atoms with van der Waals surface area (Å²) in [4.78, 5) is 30.0. The molecule has 49 heavy (non-hydrogen) atoms. The first kappa shape index (κ1) is 35.6. The molecular weight excluding hydrogens is 668 g/mol. The van der Waals surface area contributed by atoms with Gasteiger partial charge in [-0.25, -0.2) is 23.4 Å². The lowest BCUT2D eigenvalue weighted by Gasteiger charge is -2.35. The Labute approximate surface area is 275 Å². The van der Waals surface area contributed by atoms with Crippen molar-refractivity contribution in [3.8, 4) is 17.0 Å². The van der Waals surface area contributed by atoms with E-state index in [9.17, 15) is 40.3 Å². The first-order valence-electron chi connectivity index (χ1n) is 15.0. The molecule has 3 aromatic rings. The van der Waals surface area contributed by atoms with E-state index in [1.165, 1.54) is 31.2 Å². The number of aromatic carboxylic acids is 1. The topological polar surface area (TPSA) is 89.0 Å². The summed E-state index contributed by atoms with van der Waals surface area (Å²) in [6, 6.07) is 3.60. The Bertz CT molecular complexity index is 1820. The number of amides is 1. The smallest absolute Gasteiger partial charge is 0.416 e. The maximum absolute atomic E-state index is 15.1. The summed E-state index contributed by atoms with van der Waals surface area (Å²) in [5, 5.41) is 9.16. The standard InChI is InChI=1S/C34H30F8N2O5/c1-16-28(17-9-20(33(37,38)39)12-21(10-17)34(40,41)42)49-31(47)44(16)15-19-13-32(2,3)8-7-22(19)25-11-18(14-43-29(25)48-4)23-5-6-24(30(45)46)27(36)26(23)35/h5-6,9-12,14,16,28H,7-8,13,15H2,1-4H3,(H,45,46)/t16-,28-/m0/s1. The number of carbonyl (C=O) groups excluding carboxylic acids is 1. The number of hydrogen-bond donors (Lipinski definition) is 1. The number of ether oxygens (including phenoxy) is 2. The highest BCUT2D eigenvalue weighted by Crippen LogP contribution is 2.47. The number of allylic oxidation sites excluding steroid dienone is 1. The zero-order chi connectivity index (χ0) is 36.2. The normalized spacial score (nSPS) is 19.7. The van der Waals surface area contributed by atoms with Gasteiger partial charge in [-0.15, -0.1) is 0 Å². The summed E-state index contributed by atoms with van der Waals surface area (Å²) in [5.74, 6) is -4.50. The van der Waals surface area contributed by atoms with Crippen LogP contribution in [0.15, 0.2) is 48.2 Å². The Kier molecular flexibility index (Phi) is 9.19. The van der Waals surface area contributed by atoms with Gasteiger partial charge in [-0.1, -0.05) is 19.9 Å². The molecule has 1 amide bonds. The number of rotatable bonds is 7. The molecular formula is C34H30F8N2O5. The maximum Gasteiger partial charge on any atom is 0.416 e. The van der Waals surface area contributed by atoms with Crippen LogP contribution in [0.1, 0.15) is 78.7 Å². The van der Waals surface area contributed by atoms with Crippen LogP contribution in [0.5, 0.6) is 5.88 Å². The molecule has 2 aliphatic rings. The molecule has 1 aliphatic carbocycles. The molecule has 0 saturated carbocycles. The molecule has 1 N–H and O–H groups in total. The number of carboxylic acid groups (broad SMARTS) is 1. The van der Waals surface area contributed by atoms with E-state index in [2.05, 4.69) is 4.98 Å². The van der Waals surface area contributed by atoms with E-state index >= 15 is 4.39 Å².